The van der Waals surface area contributed by atoms with Crippen LogP contribution in [0.4, 0.5) is 20.2 Å². The van der Waals surface area contributed by atoms with Gasteiger partial charge in [-0.25, -0.2) is 13.1 Å². The number of aliphatic hydroxyl groups excluding tert-OH is 1. The minimum atomic E-state index is -4.16. The molecule has 2 aliphatic rings. The van der Waals surface area contributed by atoms with Crippen molar-refractivity contribution in [3.63, 3.8) is 0 Å². The monoisotopic (exact) mass is 442 g/mol. The third kappa shape index (κ3) is 3.86. The van der Waals surface area contributed by atoms with Crippen molar-refractivity contribution < 1.29 is 22.3 Å². The number of pyridine rings is 1. The van der Waals surface area contributed by atoms with Gasteiger partial charge in [0.2, 0.25) is 0 Å². The van der Waals surface area contributed by atoms with Crippen molar-refractivity contribution in [1.29, 1.82) is 0 Å². The van der Waals surface area contributed by atoms with E-state index in [0.29, 0.717) is 47.7 Å². The molecular formula is C18H24F2N6O3S. The molecule has 30 heavy (non-hydrogen) atoms. The molecule has 2 atom stereocenters. The molecule has 12 heteroatoms. The fourth-order valence-electron chi connectivity index (χ4n) is 4.17. The van der Waals surface area contributed by atoms with E-state index in [-0.39, 0.29) is 29.2 Å². The van der Waals surface area contributed by atoms with Crippen molar-refractivity contribution in [2.75, 3.05) is 36.2 Å². The average Bonchev–Trinajstić information content (AvgIpc) is 3.27. The molecule has 0 saturated carbocycles. The Morgan fingerprint density at radius 1 is 1.37 bits per heavy atom. The first kappa shape index (κ1) is 20.9. The quantitative estimate of drug-likeness (QED) is 0.709. The smallest absolute Gasteiger partial charge is 0.333 e. The number of nitrogens with zero attached hydrogens (tertiary/aromatic N) is 5. The summed E-state index contributed by atoms with van der Waals surface area (Å²) in [6, 6.07) is 1.54. The fourth-order valence-corrected chi connectivity index (χ4v) is 5.89. The summed E-state index contributed by atoms with van der Waals surface area (Å²) in [5, 5.41) is 13.4. The SMILES string of the molecule is Cc1nn(C(F)F)cc1S(=O)(=O)N1CC(CN2CCC(O)C2)Cc2ncc(N)cc21. The molecule has 2 aromatic rings. The van der Waals surface area contributed by atoms with Crippen molar-refractivity contribution in [1.82, 2.24) is 19.7 Å². The lowest BCUT2D eigenvalue weighted by atomic mass is 9.97. The number of hydrogen-bond donors (Lipinski definition) is 2. The summed E-state index contributed by atoms with van der Waals surface area (Å²) in [6.07, 6.45) is 3.21. The highest BCUT2D eigenvalue weighted by Gasteiger charge is 2.37. The number of nitrogen functional groups attached to an aromatic ring is 1. The minimum absolute atomic E-state index is 0.00139. The van der Waals surface area contributed by atoms with E-state index in [1.807, 2.05) is 0 Å². The third-order valence-electron chi connectivity index (χ3n) is 5.55. The standard InChI is InChI=1S/C18H24F2N6O3S/c1-11-17(10-25(23-11)18(19)20)30(28,29)26-8-12(7-24-3-2-14(27)9-24)4-15-16(26)5-13(21)6-22-15/h5-6,10,12,14,18,27H,2-4,7-9,21H2,1H3. The second kappa shape index (κ2) is 7.75. The molecule has 9 nitrogen and oxygen atoms in total. The minimum Gasteiger partial charge on any atom is -0.397 e. The van der Waals surface area contributed by atoms with Gasteiger partial charge < -0.3 is 15.7 Å². The number of rotatable bonds is 5. The summed E-state index contributed by atoms with van der Waals surface area (Å²) >= 11 is 0. The molecule has 3 N–H and O–H groups in total. The van der Waals surface area contributed by atoms with Crippen LogP contribution in [0.15, 0.2) is 23.4 Å². The van der Waals surface area contributed by atoms with E-state index in [0.717, 1.165) is 12.7 Å². The van der Waals surface area contributed by atoms with Gasteiger partial charge in [0, 0.05) is 26.2 Å². The van der Waals surface area contributed by atoms with Gasteiger partial charge in [-0.15, -0.1) is 0 Å². The number of aromatic nitrogens is 3. The second-order valence-corrected chi connectivity index (χ2v) is 9.71. The molecule has 2 aliphatic heterocycles. The molecule has 0 amide bonds. The average molecular weight is 442 g/mol. The summed E-state index contributed by atoms with van der Waals surface area (Å²) in [7, 11) is -4.16. The highest BCUT2D eigenvalue weighted by molar-refractivity contribution is 7.92. The Morgan fingerprint density at radius 2 is 2.13 bits per heavy atom. The number of β-amino-alcohol motifs (C(OH)–C–C–N with tert-alkyl or cyclic N) is 1. The first-order valence-corrected chi connectivity index (χ1v) is 11.1. The molecule has 0 bridgehead atoms. The predicted octanol–water partition coefficient (Wildman–Crippen LogP) is 0.998. The van der Waals surface area contributed by atoms with Crippen molar-refractivity contribution >= 4 is 21.4 Å². The summed E-state index contributed by atoms with van der Waals surface area (Å²) in [5.74, 6) is -0.0702. The third-order valence-corrected chi connectivity index (χ3v) is 7.43. The molecule has 0 aliphatic carbocycles. The van der Waals surface area contributed by atoms with E-state index in [4.69, 9.17) is 5.73 Å². The van der Waals surface area contributed by atoms with Crippen LogP contribution >= 0.6 is 0 Å². The fraction of sp³-hybridized carbons (Fsp3) is 0.556. The van der Waals surface area contributed by atoms with E-state index >= 15 is 0 Å². The maximum absolute atomic E-state index is 13.5. The van der Waals surface area contributed by atoms with Gasteiger partial charge in [0.1, 0.15) is 4.90 Å². The second-order valence-electron chi connectivity index (χ2n) is 7.88. The van der Waals surface area contributed by atoms with E-state index in [9.17, 15) is 22.3 Å². The lowest BCUT2D eigenvalue weighted by molar-refractivity contribution is 0.0561. The maximum Gasteiger partial charge on any atom is 0.333 e. The molecule has 1 fully saturated rings. The number of sulfonamides is 1. The first-order chi connectivity index (χ1) is 14.1. The highest BCUT2D eigenvalue weighted by Crippen LogP contribution is 2.35. The highest BCUT2D eigenvalue weighted by atomic mass is 32.2. The van der Waals surface area contributed by atoms with Crippen LogP contribution in [0.5, 0.6) is 0 Å². The zero-order valence-corrected chi connectivity index (χ0v) is 17.3. The molecule has 164 valence electrons. The normalized spacial score (nSPS) is 22.6. The van der Waals surface area contributed by atoms with Crippen LogP contribution in [0.3, 0.4) is 0 Å². The summed E-state index contributed by atoms with van der Waals surface area (Å²) < 4.78 is 54.5. The van der Waals surface area contributed by atoms with Crippen LogP contribution in [0.25, 0.3) is 0 Å². The molecule has 0 radical (unpaired) electrons. The number of anilines is 2. The molecule has 2 unspecified atom stereocenters. The number of aryl methyl sites for hydroxylation is 1. The van der Waals surface area contributed by atoms with E-state index in [1.165, 1.54) is 17.4 Å². The van der Waals surface area contributed by atoms with E-state index < -0.39 is 16.6 Å². The topological polar surface area (TPSA) is 118 Å². The van der Waals surface area contributed by atoms with Crippen LogP contribution in [0.1, 0.15) is 24.4 Å². The van der Waals surface area contributed by atoms with Crippen molar-refractivity contribution in [2.24, 2.45) is 5.92 Å². The van der Waals surface area contributed by atoms with Gasteiger partial charge in [-0.3, -0.25) is 9.29 Å². The first-order valence-electron chi connectivity index (χ1n) is 9.66. The van der Waals surface area contributed by atoms with Crippen LogP contribution in [0.2, 0.25) is 0 Å². The summed E-state index contributed by atoms with van der Waals surface area (Å²) in [5.41, 5.74) is 7.10. The van der Waals surface area contributed by atoms with Gasteiger partial charge in [-0.05, 0) is 31.7 Å². The molecule has 0 spiro atoms. The number of fused-ring (bicyclic) bond motifs is 1. The number of halogens is 2. The molecule has 4 rings (SSSR count). The zero-order chi connectivity index (χ0) is 21.6. The predicted molar refractivity (Wildman–Crippen MR) is 106 cm³/mol. The largest absolute Gasteiger partial charge is 0.397 e. The number of hydrogen-bond acceptors (Lipinski definition) is 7. The van der Waals surface area contributed by atoms with Crippen LogP contribution in [-0.2, 0) is 16.4 Å². The summed E-state index contributed by atoms with van der Waals surface area (Å²) in [6.45, 7) is 0.499. The van der Waals surface area contributed by atoms with Crippen molar-refractivity contribution in [2.45, 2.75) is 37.3 Å². The number of likely N-dealkylation sites (tertiary alicyclic amines) is 1. The lowest BCUT2D eigenvalue weighted by Gasteiger charge is -2.36. The van der Waals surface area contributed by atoms with E-state index in [1.54, 1.807) is 6.07 Å². The van der Waals surface area contributed by atoms with Gasteiger partial charge in [0.25, 0.3) is 10.0 Å². The van der Waals surface area contributed by atoms with Crippen LogP contribution in [-0.4, -0.2) is 65.5 Å². The molecule has 4 heterocycles. The Labute approximate surface area is 173 Å². The van der Waals surface area contributed by atoms with Crippen molar-refractivity contribution in [3.05, 3.63) is 29.8 Å². The van der Waals surface area contributed by atoms with E-state index in [2.05, 4.69) is 15.0 Å². The van der Waals surface area contributed by atoms with Gasteiger partial charge in [-0.2, -0.15) is 13.9 Å². The molecule has 1 saturated heterocycles. The Kier molecular flexibility index (Phi) is 5.41. The van der Waals surface area contributed by atoms with Crippen LogP contribution < -0.4 is 10.0 Å². The van der Waals surface area contributed by atoms with Gasteiger partial charge in [0.05, 0.1) is 41.3 Å². The van der Waals surface area contributed by atoms with Gasteiger partial charge in [0.15, 0.2) is 0 Å². The maximum atomic E-state index is 13.5. The van der Waals surface area contributed by atoms with Crippen LogP contribution in [0, 0.1) is 12.8 Å². The Hall–Kier alpha value is -2.31. The summed E-state index contributed by atoms with van der Waals surface area (Å²) in [4.78, 5) is 6.16. The molecule has 0 aromatic carbocycles. The van der Waals surface area contributed by atoms with Crippen molar-refractivity contribution in [3.8, 4) is 0 Å². The number of nitrogens with two attached hydrogens (primary N) is 1. The number of alkyl halides is 2. The Bertz CT molecular complexity index is 1040. The lowest BCUT2D eigenvalue weighted by Crippen LogP contribution is -2.44. The number of aliphatic hydroxyl groups is 1. The van der Waals surface area contributed by atoms with Gasteiger partial charge >= 0.3 is 6.55 Å². The van der Waals surface area contributed by atoms with Gasteiger partial charge in [-0.1, -0.05) is 0 Å². The Morgan fingerprint density at radius 3 is 2.77 bits per heavy atom. The molecular weight excluding hydrogens is 418 g/mol. The Balaban J connectivity index is 1.70. The molecule has 2 aromatic heterocycles. The zero-order valence-electron chi connectivity index (χ0n) is 16.4.